The lowest BCUT2D eigenvalue weighted by Crippen LogP contribution is -2.43. The number of carbonyl (C=O) groups is 2. The molecule has 0 unspecified atom stereocenters. The molecule has 6 heteroatoms. The standard InChI is InChI=1S/C24H26FN3O2/c1-16-18(19-6-3-5-9-22(19)27-16)10-13-26-23(29)17-11-14-28(15-12-17)24(30)20-7-2-4-8-21(20)25/h2-9,17,27H,10-15H2,1H3,(H,26,29). The van der Waals surface area contributed by atoms with E-state index in [2.05, 4.69) is 29.4 Å². The van der Waals surface area contributed by atoms with Gasteiger partial charge < -0.3 is 15.2 Å². The number of aryl methyl sites for hydroxylation is 1. The van der Waals surface area contributed by atoms with Gasteiger partial charge in [-0.15, -0.1) is 0 Å². The maximum atomic E-state index is 13.9. The van der Waals surface area contributed by atoms with Crippen LogP contribution >= 0.6 is 0 Å². The van der Waals surface area contributed by atoms with E-state index in [0.717, 1.165) is 17.6 Å². The van der Waals surface area contributed by atoms with Crippen LogP contribution in [0.1, 0.15) is 34.5 Å². The Bertz CT molecular complexity index is 1070. The van der Waals surface area contributed by atoms with Crippen molar-refractivity contribution in [3.8, 4) is 0 Å². The molecule has 0 saturated carbocycles. The summed E-state index contributed by atoms with van der Waals surface area (Å²) >= 11 is 0. The highest BCUT2D eigenvalue weighted by atomic mass is 19.1. The Morgan fingerprint density at radius 3 is 2.57 bits per heavy atom. The average Bonchev–Trinajstić information content (AvgIpc) is 3.09. The van der Waals surface area contributed by atoms with Crippen molar-refractivity contribution >= 4 is 22.7 Å². The van der Waals surface area contributed by atoms with Gasteiger partial charge in [0, 0.05) is 42.1 Å². The first kappa shape index (κ1) is 20.1. The van der Waals surface area contributed by atoms with Crippen LogP contribution in [0.4, 0.5) is 4.39 Å². The summed E-state index contributed by atoms with van der Waals surface area (Å²) in [5, 5.41) is 4.25. The first-order valence-electron chi connectivity index (χ1n) is 10.4. The van der Waals surface area contributed by atoms with E-state index < -0.39 is 5.82 Å². The fourth-order valence-electron chi connectivity index (χ4n) is 4.26. The number of carbonyl (C=O) groups excluding carboxylic acids is 2. The predicted octanol–water partition coefficient (Wildman–Crippen LogP) is 3.83. The van der Waals surface area contributed by atoms with E-state index in [1.807, 2.05) is 12.1 Å². The number of likely N-dealkylation sites (tertiary alicyclic amines) is 1. The number of para-hydroxylation sites is 1. The number of nitrogens with zero attached hydrogens (tertiary/aromatic N) is 1. The minimum Gasteiger partial charge on any atom is -0.358 e. The van der Waals surface area contributed by atoms with Gasteiger partial charge in [-0.1, -0.05) is 30.3 Å². The molecule has 2 amide bonds. The summed E-state index contributed by atoms with van der Waals surface area (Å²) in [5.41, 5.74) is 3.57. The zero-order valence-corrected chi connectivity index (χ0v) is 17.1. The number of rotatable bonds is 5. The Hall–Kier alpha value is -3.15. The molecular formula is C24H26FN3O2. The summed E-state index contributed by atoms with van der Waals surface area (Å²) in [4.78, 5) is 30.1. The van der Waals surface area contributed by atoms with Crippen LogP contribution in [0.5, 0.6) is 0 Å². The molecule has 1 fully saturated rings. The molecule has 0 aliphatic carbocycles. The Labute approximate surface area is 175 Å². The summed E-state index contributed by atoms with van der Waals surface area (Å²) < 4.78 is 13.9. The number of H-pyrrole nitrogens is 1. The number of hydrogen-bond donors (Lipinski definition) is 2. The molecule has 1 aliphatic rings. The largest absolute Gasteiger partial charge is 0.358 e. The number of amides is 2. The second kappa shape index (κ2) is 8.69. The summed E-state index contributed by atoms with van der Waals surface area (Å²) in [6.07, 6.45) is 1.96. The Kier molecular flexibility index (Phi) is 5.84. The Balaban J connectivity index is 1.28. The van der Waals surface area contributed by atoms with Crippen LogP contribution in [0.15, 0.2) is 48.5 Å². The van der Waals surface area contributed by atoms with Gasteiger partial charge in [-0.05, 0) is 49.9 Å². The van der Waals surface area contributed by atoms with Gasteiger partial charge in [0.15, 0.2) is 0 Å². The number of aromatic nitrogens is 1. The minimum absolute atomic E-state index is 0.0329. The average molecular weight is 407 g/mol. The molecule has 2 aromatic carbocycles. The summed E-state index contributed by atoms with van der Waals surface area (Å²) in [7, 11) is 0. The van der Waals surface area contributed by atoms with Gasteiger partial charge >= 0.3 is 0 Å². The molecule has 1 saturated heterocycles. The van der Waals surface area contributed by atoms with Gasteiger partial charge in [0.25, 0.3) is 5.91 Å². The molecule has 4 rings (SSSR count). The van der Waals surface area contributed by atoms with Crippen molar-refractivity contribution in [2.24, 2.45) is 5.92 Å². The maximum Gasteiger partial charge on any atom is 0.256 e. The Morgan fingerprint density at radius 1 is 1.10 bits per heavy atom. The van der Waals surface area contributed by atoms with Gasteiger partial charge in [-0.25, -0.2) is 4.39 Å². The van der Waals surface area contributed by atoms with E-state index in [1.165, 1.54) is 23.1 Å². The Morgan fingerprint density at radius 2 is 1.80 bits per heavy atom. The van der Waals surface area contributed by atoms with Crippen LogP contribution < -0.4 is 5.32 Å². The predicted molar refractivity (Wildman–Crippen MR) is 115 cm³/mol. The monoisotopic (exact) mass is 407 g/mol. The first-order valence-corrected chi connectivity index (χ1v) is 10.4. The topological polar surface area (TPSA) is 65.2 Å². The van der Waals surface area contributed by atoms with Crippen molar-refractivity contribution in [3.63, 3.8) is 0 Å². The summed E-state index contributed by atoms with van der Waals surface area (Å²) in [6, 6.07) is 14.2. The van der Waals surface area contributed by atoms with Crippen molar-refractivity contribution in [1.29, 1.82) is 0 Å². The molecule has 156 valence electrons. The van der Waals surface area contributed by atoms with Gasteiger partial charge in [0.1, 0.15) is 5.82 Å². The van der Waals surface area contributed by atoms with Crippen LogP contribution in [-0.2, 0) is 11.2 Å². The fourth-order valence-corrected chi connectivity index (χ4v) is 4.26. The smallest absolute Gasteiger partial charge is 0.256 e. The fraction of sp³-hybridized carbons (Fsp3) is 0.333. The third-order valence-corrected chi connectivity index (χ3v) is 5.96. The number of benzene rings is 2. The van der Waals surface area contributed by atoms with E-state index in [4.69, 9.17) is 0 Å². The number of piperidine rings is 1. The molecule has 30 heavy (non-hydrogen) atoms. The third-order valence-electron chi connectivity index (χ3n) is 5.96. The van der Waals surface area contributed by atoms with Gasteiger partial charge in [-0.3, -0.25) is 9.59 Å². The number of hydrogen-bond acceptors (Lipinski definition) is 2. The molecule has 0 radical (unpaired) electrons. The highest BCUT2D eigenvalue weighted by Gasteiger charge is 2.28. The minimum atomic E-state index is -0.505. The van der Waals surface area contributed by atoms with Crippen LogP contribution in [0.3, 0.4) is 0 Å². The van der Waals surface area contributed by atoms with E-state index in [9.17, 15) is 14.0 Å². The lowest BCUT2D eigenvalue weighted by Gasteiger charge is -2.31. The second-order valence-corrected chi connectivity index (χ2v) is 7.86. The molecule has 3 aromatic rings. The van der Waals surface area contributed by atoms with Crippen molar-refractivity contribution in [1.82, 2.24) is 15.2 Å². The first-order chi connectivity index (χ1) is 14.5. The summed E-state index contributed by atoms with van der Waals surface area (Å²) in [5.74, 6) is -0.888. The summed E-state index contributed by atoms with van der Waals surface area (Å²) in [6.45, 7) is 3.56. The van der Waals surface area contributed by atoms with Gasteiger partial charge in [0.05, 0.1) is 5.56 Å². The third kappa shape index (κ3) is 4.08. The molecule has 0 spiro atoms. The number of fused-ring (bicyclic) bond motifs is 1. The zero-order valence-electron chi connectivity index (χ0n) is 17.1. The van der Waals surface area contributed by atoms with Crippen molar-refractivity contribution in [2.45, 2.75) is 26.2 Å². The second-order valence-electron chi connectivity index (χ2n) is 7.86. The van der Waals surface area contributed by atoms with Gasteiger partial charge in [-0.2, -0.15) is 0 Å². The lowest BCUT2D eigenvalue weighted by atomic mass is 9.95. The molecule has 1 aromatic heterocycles. The maximum absolute atomic E-state index is 13.9. The molecule has 5 nitrogen and oxygen atoms in total. The molecule has 1 aliphatic heterocycles. The van der Waals surface area contributed by atoms with Crippen LogP contribution in [-0.4, -0.2) is 41.3 Å². The quantitative estimate of drug-likeness (QED) is 0.675. The normalized spacial score (nSPS) is 14.8. The highest BCUT2D eigenvalue weighted by Crippen LogP contribution is 2.23. The van der Waals surface area contributed by atoms with E-state index in [-0.39, 0.29) is 23.3 Å². The van der Waals surface area contributed by atoms with E-state index in [1.54, 1.807) is 17.0 Å². The molecule has 0 bridgehead atoms. The molecular weight excluding hydrogens is 381 g/mol. The molecule has 0 atom stereocenters. The number of aromatic amines is 1. The number of halogens is 1. The zero-order chi connectivity index (χ0) is 21.1. The van der Waals surface area contributed by atoms with Crippen molar-refractivity contribution in [3.05, 3.63) is 71.2 Å². The lowest BCUT2D eigenvalue weighted by molar-refractivity contribution is -0.126. The molecule has 2 N–H and O–H groups in total. The van der Waals surface area contributed by atoms with E-state index in [0.29, 0.717) is 32.5 Å². The molecule has 2 heterocycles. The number of nitrogens with one attached hydrogen (secondary N) is 2. The van der Waals surface area contributed by atoms with Crippen molar-refractivity contribution < 1.29 is 14.0 Å². The van der Waals surface area contributed by atoms with E-state index >= 15 is 0 Å². The van der Waals surface area contributed by atoms with Crippen LogP contribution in [0, 0.1) is 18.7 Å². The highest BCUT2D eigenvalue weighted by molar-refractivity contribution is 5.94. The van der Waals surface area contributed by atoms with Crippen LogP contribution in [0.25, 0.3) is 10.9 Å². The van der Waals surface area contributed by atoms with Crippen LogP contribution in [0.2, 0.25) is 0 Å². The van der Waals surface area contributed by atoms with Crippen molar-refractivity contribution in [2.75, 3.05) is 19.6 Å². The van der Waals surface area contributed by atoms with Gasteiger partial charge in [0.2, 0.25) is 5.91 Å². The SMILES string of the molecule is Cc1[nH]c2ccccc2c1CCNC(=O)C1CCN(C(=O)c2ccccc2F)CC1.